The van der Waals surface area contributed by atoms with Gasteiger partial charge in [-0.2, -0.15) is 5.26 Å². The predicted molar refractivity (Wildman–Crippen MR) is 47.8 cm³/mol. The number of nitrogens with zero attached hydrogens (tertiary/aromatic N) is 2. The Bertz CT molecular complexity index is 354. The van der Waals surface area contributed by atoms with Gasteiger partial charge in [0.1, 0.15) is 12.2 Å². The van der Waals surface area contributed by atoms with E-state index in [1.165, 1.54) is 0 Å². The summed E-state index contributed by atoms with van der Waals surface area (Å²) < 4.78 is 0. The number of amides is 1. The average Bonchev–Trinajstić information content (AvgIpc) is 2.09. The standard InChI is InChI=1S/C9H9N3O/c1-7-3-2-6-11-9(7)12-8(13)4-5-10/h2-3,6H,4H2,1H3,(H,11,12,13). The Hall–Kier alpha value is -1.89. The number of nitrogens with one attached hydrogen (secondary N) is 1. The molecule has 0 aromatic carbocycles. The van der Waals surface area contributed by atoms with Crippen molar-refractivity contribution in [1.29, 1.82) is 5.26 Å². The van der Waals surface area contributed by atoms with Crippen LogP contribution < -0.4 is 5.32 Å². The summed E-state index contributed by atoms with van der Waals surface area (Å²) in [7, 11) is 0. The average molecular weight is 175 g/mol. The van der Waals surface area contributed by atoms with Crippen LogP contribution in [0.25, 0.3) is 0 Å². The number of aryl methyl sites for hydroxylation is 1. The van der Waals surface area contributed by atoms with Crippen molar-refractivity contribution < 1.29 is 4.79 Å². The van der Waals surface area contributed by atoms with Crippen molar-refractivity contribution in [3.8, 4) is 6.07 Å². The fourth-order valence-corrected chi connectivity index (χ4v) is 0.865. The SMILES string of the molecule is Cc1cccnc1NC(=O)CC#N. The first-order chi connectivity index (χ1) is 6.24. The van der Waals surface area contributed by atoms with E-state index in [4.69, 9.17) is 5.26 Å². The topological polar surface area (TPSA) is 65.8 Å². The number of carbonyl (C=O) groups excluding carboxylic acids is 1. The largest absolute Gasteiger partial charge is 0.310 e. The molecule has 0 radical (unpaired) electrons. The number of carbonyl (C=O) groups is 1. The molecule has 0 aliphatic heterocycles. The van der Waals surface area contributed by atoms with E-state index in [0.717, 1.165) is 5.56 Å². The van der Waals surface area contributed by atoms with Gasteiger partial charge in [-0.3, -0.25) is 4.79 Å². The van der Waals surface area contributed by atoms with Crippen molar-refractivity contribution >= 4 is 11.7 Å². The fraction of sp³-hybridized carbons (Fsp3) is 0.222. The number of nitriles is 1. The Morgan fingerprint density at radius 3 is 3.15 bits per heavy atom. The van der Waals surface area contributed by atoms with Crippen LogP contribution in [0.4, 0.5) is 5.82 Å². The number of anilines is 1. The molecule has 66 valence electrons. The highest BCUT2D eigenvalue weighted by molar-refractivity contribution is 5.91. The molecule has 0 aliphatic rings. The highest BCUT2D eigenvalue weighted by atomic mass is 16.1. The zero-order valence-electron chi connectivity index (χ0n) is 7.24. The smallest absolute Gasteiger partial charge is 0.239 e. The molecular formula is C9H9N3O. The van der Waals surface area contributed by atoms with E-state index in [-0.39, 0.29) is 12.3 Å². The van der Waals surface area contributed by atoms with Crippen LogP contribution in [-0.2, 0) is 4.79 Å². The lowest BCUT2D eigenvalue weighted by molar-refractivity contribution is -0.115. The predicted octanol–water partition coefficient (Wildman–Crippen LogP) is 1.24. The minimum atomic E-state index is -0.329. The van der Waals surface area contributed by atoms with Crippen molar-refractivity contribution in [1.82, 2.24) is 4.98 Å². The molecule has 1 aromatic rings. The number of hydrogen-bond acceptors (Lipinski definition) is 3. The van der Waals surface area contributed by atoms with Gasteiger partial charge in [-0.25, -0.2) is 4.98 Å². The van der Waals surface area contributed by atoms with Crippen molar-refractivity contribution in [2.45, 2.75) is 13.3 Å². The first kappa shape index (κ1) is 9.20. The normalized spacial score (nSPS) is 8.92. The van der Waals surface area contributed by atoms with Gasteiger partial charge in [0.05, 0.1) is 6.07 Å². The quantitative estimate of drug-likeness (QED) is 0.735. The molecule has 1 heterocycles. The summed E-state index contributed by atoms with van der Waals surface area (Å²) >= 11 is 0. The minimum absolute atomic E-state index is 0.143. The molecule has 0 aliphatic carbocycles. The van der Waals surface area contributed by atoms with Crippen LogP contribution in [0.15, 0.2) is 18.3 Å². The molecular weight excluding hydrogens is 166 g/mol. The molecule has 0 spiro atoms. The van der Waals surface area contributed by atoms with Gasteiger partial charge in [-0.15, -0.1) is 0 Å². The van der Waals surface area contributed by atoms with E-state index >= 15 is 0 Å². The second-order valence-corrected chi connectivity index (χ2v) is 2.55. The van der Waals surface area contributed by atoms with Gasteiger partial charge in [-0.05, 0) is 18.6 Å². The lowest BCUT2D eigenvalue weighted by Crippen LogP contribution is -2.12. The molecule has 4 nitrogen and oxygen atoms in total. The first-order valence-electron chi connectivity index (χ1n) is 3.82. The molecule has 0 atom stereocenters. The third kappa shape index (κ3) is 2.56. The highest BCUT2D eigenvalue weighted by Crippen LogP contribution is 2.08. The van der Waals surface area contributed by atoms with Crippen molar-refractivity contribution in [2.75, 3.05) is 5.32 Å². The van der Waals surface area contributed by atoms with Gasteiger partial charge < -0.3 is 5.32 Å². The van der Waals surface area contributed by atoms with Crippen LogP contribution in [0.1, 0.15) is 12.0 Å². The first-order valence-corrected chi connectivity index (χ1v) is 3.82. The van der Waals surface area contributed by atoms with E-state index in [2.05, 4.69) is 10.3 Å². The minimum Gasteiger partial charge on any atom is -0.310 e. The van der Waals surface area contributed by atoms with Gasteiger partial charge in [0.25, 0.3) is 0 Å². The van der Waals surface area contributed by atoms with Crippen LogP contribution >= 0.6 is 0 Å². The third-order valence-corrected chi connectivity index (χ3v) is 1.51. The number of hydrogen-bond donors (Lipinski definition) is 1. The Balaban J connectivity index is 2.70. The Morgan fingerprint density at radius 1 is 1.77 bits per heavy atom. The monoisotopic (exact) mass is 175 g/mol. The third-order valence-electron chi connectivity index (χ3n) is 1.51. The molecule has 0 bridgehead atoms. The summed E-state index contributed by atoms with van der Waals surface area (Å²) in [6.45, 7) is 1.84. The van der Waals surface area contributed by atoms with Gasteiger partial charge in [0, 0.05) is 6.20 Å². The molecule has 1 rings (SSSR count). The summed E-state index contributed by atoms with van der Waals surface area (Å²) in [5.74, 6) is 0.187. The zero-order chi connectivity index (χ0) is 9.68. The molecule has 1 N–H and O–H groups in total. The Kier molecular flexibility index (Phi) is 2.98. The summed E-state index contributed by atoms with van der Waals surface area (Å²) in [6, 6.07) is 5.40. The maximum Gasteiger partial charge on any atom is 0.239 e. The van der Waals surface area contributed by atoms with E-state index in [0.29, 0.717) is 5.82 Å². The lowest BCUT2D eigenvalue weighted by Gasteiger charge is -2.03. The van der Waals surface area contributed by atoms with Crippen LogP contribution in [0.2, 0.25) is 0 Å². The lowest BCUT2D eigenvalue weighted by atomic mass is 10.3. The maximum absolute atomic E-state index is 11.0. The van der Waals surface area contributed by atoms with Gasteiger partial charge in [0.15, 0.2) is 0 Å². The second-order valence-electron chi connectivity index (χ2n) is 2.55. The van der Waals surface area contributed by atoms with Crippen LogP contribution in [-0.4, -0.2) is 10.9 Å². The summed E-state index contributed by atoms with van der Waals surface area (Å²) in [5.41, 5.74) is 0.883. The van der Waals surface area contributed by atoms with Crippen molar-refractivity contribution in [2.24, 2.45) is 0 Å². The van der Waals surface area contributed by atoms with Gasteiger partial charge in [-0.1, -0.05) is 6.07 Å². The van der Waals surface area contributed by atoms with E-state index < -0.39 is 0 Å². The summed E-state index contributed by atoms with van der Waals surface area (Å²) in [5, 5.41) is 10.8. The zero-order valence-corrected chi connectivity index (χ0v) is 7.24. The van der Waals surface area contributed by atoms with E-state index in [9.17, 15) is 4.79 Å². The number of pyridine rings is 1. The molecule has 13 heavy (non-hydrogen) atoms. The molecule has 1 amide bonds. The maximum atomic E-state index is 11.0. The van der Waals surface area contributed by atoms with Crippen molar-refractivity contribution in [3.05, 3.63) is 23.9 Å². The second kappa shape index (κ2) is 4.21. The van der Waals surface area contributed by atoms with E-state index in [1.807, 2.05) is 13.0 Å². The highest BCUT2D eigenvalue weighted by Gasteiger charge is 2.03. The molecule has 0 saturated heterocycles. The van der Waals surface area contributed by atoms with Crippen molar-refractivity contribution in [3.63, 3.8) is 0 Å². The molecule has 4 heteroatoms. The molecule has 1 aromatic heterocycles. The van der Waals surface area contributed by atoms with Crippen LogP contribution in [0, 0.1) is 18.3 Å². The number of aromatic nitrogens is 1. The molecule has 0 saturated carbocycles. The Labute approximate surface area is 76.2 Å². The van der Waals surface area contributed by atoms with Gasteiger partial charge in [0.2, 0.25) is 5.91 Å². The van der Waals surface area contributed by atoms with E-state index in [1.54, 1.807) is 18.3 Å². The van der Waals surface area contributed by atoms with Crippen LogP contribution in [0.5, 0.6) is 0 Å². The number of rotatable bonds is 2. The summed E-state index contributed by atoms with van der Waals surface area (Å²) in [4.78, 5) is 15.0. The summed E-state index contributed by atoms with van der Waals surface area (Å²) in [6.07, 6.45) is 1.45. The fourth-order valence-electron chi connectivity index (χ4n) is 0.865. The molecule has 0 fully saturated rings. The Morgan fingerprint density at radius 2 is 2.54 bits per heavy atom. The molecule has 0 unspecified atom stereocenters. The van der Waals surface area contributed by atoms with Crippen LogP contribution in [0.3, 0.4) is 0 Å². The van der Waals surface area contributed by atoms with Gasteiger partial charge >= 0.3 is 0 Å².